The van der Waals surface area contributed by atoms with Gasteiger partial charge < -0.3 is 19.3 Å². The first kappa shape index (κ1) is 21.8. The van der Waals surface area contributed by atoms with Crippen LogP contribution in [-0.2, 0) is 14.2 Å². The van der Waals surface area contributed by atoms with Crippen LogP contribution >= 0.6 is 0 Å². The molecule has 0 radical (unpaired) electrons. The predicted octanol–water partition coefficient (Wildman–Crippen LogP) is 4.50. The maximum absolute atomic E-state index is 10.5. The van der Waals surface area contributed by atoms with Gasteiger partial charge in [0.15, 0.2) is 0 Å². The first-order valence-corrected chi connectivity index (χ1v) is 9.11. The summed E-state index contributed by atoms with van der Waals surface area (Å²) in [5.41, 5.74) is 0. The molecular weight excluding hydrogens is 280 g/mol. The third-order valence-electron chi connectivity index (χ3n) is 3.72. The minimum absolute atomic E-state index is 0.398. The monoisotopic (exact) mass is 318 g/mol. The average Bonchev–Trinajstić information content (AvgIpc) is 2.45. The fourth-order valence-corrected chi connectivity index (χ4v) is 2.63. The van der Waals surface area contributed by atoms with E-state index in [2.05, 4.69) is 13.8 Å². The summed E-state index contributed by atoms with van der Waals surface area (Å²) in [6.45, 7) is 11.5. The van der Waals surface area contributed by atoms with Crippen molar-refractivity contribution >= 4 is 0 Å². The topological polar surface area (TPSA) is 47.9 Å². The van der Waals surface area contributed by atoms with E-state index in [0.29, 0.717) is 19.8 Å². The van der Waals surface area contributed by atoms with Crippen LogP contribution in [0, 0.1) is 5.92 Å². The molecule has 0 heterocycles. The third kappa shape index (κ3) is 9.78. The molecule has 0 aromatic heterocycles. The summed E-state index contributed by atoms with van der Waals surface area (Å²) >= 11 is 0. The van der Waals surface area contributed by atoms with Crippen LogP contribution in [0.2, 0.25) is 0 Å². The first-order chi connectivity index (χ1) is 10.5. The van der Waals surface area contributed by atoms with Gasteiger partial charge in [-0.25, -0.2) is 0 Å². The molecule has 0 aliphatic carbocycles. The van der Waals surface area contributed by atoms with Crippen LogP contribution in [0.5, 0.6) is 0 Å². The Hall–Kier alpha value is -0.160. The van der Waals surface area contributed by atoms with Crippen molar-refractivity contribution in [3.05, 3.63) is 0 Å². The van der Waals surface area contributed by atoms with Gasteiger partial charge in [0.1, 0.15) is 6.10 Å². The van der Waals surface area contributed by atoms with Crippen molar-refractivity contribution in [2.45, 2.75) is 91.6 Å². The maximum Gasteiger partial charge on any atom is 0.308 e. The summed E-state index contributed by atoms with van der Waals surface area (Å²) in [7, 11) is 0. The molecule has 1 unspecified atom stereocenters. The Balaban J connectivity index is 4.11. The van der Waals surface area contributed by atoms with Gasteiger partial charge in [0, 0.05) is 19.8 Å². The largest absolute Gasteiger partial charge is 0.370 e. The van der Waals surface area contributed by atoms with Gasteiger partial charge in [-0.05, 0) is 33.1 Å². The van der Waals surface area contributed by atoms with E-state index in [1.807, 2.05) is 20.8 Å². The van der Waals surface area contributed by atoms with Gasteiger partial charge in [-0.15, -0.1) is 0 Å². The molecule has 22 heavy (non-hydrogen) atoms. The summed E-state index contributed by atoms with van der Waals surface area (Å²) in [5, 5.41) is 10.5. The van der Waals surface area contributed by atoms with Crippen molar-refractivity contribution < 1.29 is 19.3 Å². The lowest BCUT2D eigenvalue weighted by atomic mass is 10.0. The van der Waals surface area contributed by atoms with Gasteiger partial charge in [0.05, 0.1) is 0 Å². The molecule has 0 saturated heterocycles. The van der Waals surface area contributed by atoms with Crippen molar-refractivity contribution in [3.63, 3.8) is 0 Å². The molecule has 1 N–H and O–H groups in total. The summed E-state index contributed by atoms with van der Waals surface area (Å²) in [5.74, 6) is -0.813. The second-order valence-electron chi connectivity index (χ2n) is 6.18. The lowest BCUT2D eigenvalue weighted by Gasteiger charge is -2.34. The number of aliphatic hydroxyl groups is 1. The molecule has 0 fully saturated rings. The highest BCUT2D eigenvalue weighted by Gasteiger charge is 2.39. The molecule has 0 rings (SSSR count). The van der Waals surface area contributed by atoms with E-state index in [9.17, 15) is 5.11 Å². The van der Waals surface area contributed by atoms with E-state index in [1.54, 1.807) is 0 Å². The van der Waals surface area contributed by atoms with Gasteiger partial charge in [0.25, 0.3) is 0 Å². The first-order valence-electron chi connectivity index (χ1n) is 9.11. The van der Waals surface area contributed by atoms with Crippen molar-refractivity contribution in [1.82, 2.24) is 0 Å². The summed E-state index contributed by atoms with van der Waals surface area (Å²) in [6, 6.07) is 0. The van der Waals surface area contributed by atoms with E-state index in [4.69, 9.17) is 14.2 Å². The Morgan fingerprint density at radius 2 is 1.27 bits per heavy atom. The van der Waals surface area contributed by atoms with E-state index in [-0.39, 0.29) is 0 Å². The van der Waals surface area contributed by atoms with Crippen LogP contribution in [0.3, 0.4) is 0 Å². The Morgan fingerprint density at radius 1 is 0.773 bits per heavy atom. The van der Waals surface area contributed by atoms with Crippen LogP contribution in [0.4, 0.5) is 0 Å². The molecule has 4 heteroatoms. The second kappa shape index (κ2) is 13.3. The SMILES string of the molecule is CCOC(CCCCCCCC(C)C)C(O)(OCC)OCC. The van der Waals surface area contributed by atoms with Crippen LogP contribution in [0.1, 0.15) is 79.6 Å². The molecule has 134 valence electrons. The lowest BCUT2D eigenvalue weighted by molar-refractivity contribution is -0.398. The van der Waals surface area contributed by atoms with Gasteiger partial charge in [-0.2, -0.15) is 0 Å². The van der Waals surface area contributed by atoms with E-state index in [0.717, 1.165) is 25.2 Å². The molecule has 0 aromatic rings. The van der Waals surface area contributed by atoms with Crippen molar-refractivity contribution in [1.29, 1.82) is 0 Å². The standard InChI is InChI=1S/C18H38O4/c1-6-20-17(18(19,21-7-2)22-8-3)15-13-11-9-10-12-14-16(4)5/h16-17,19H,6-15H2,1-5H3. The van der Waals surface area contributed by atoms with E-state index >= 15 is 0 Å². The average molecular weight is 318 g/mol. The number of ether oxygens (including phenoxy) is 3. The van der Waals surface area contributed by atoms with Crippen molar-refractivity contribution in [3.8, 4) is 0 Å². The molecule has 0 amide bonds. The van der Waals surface area contributed by atoms with E-state index < -0.39 is 12.1 Å². The number of hydrogen-bond donors (Lipinski definition) is 1. The second-order valence-corrected chi connectivity index (χ2v) is 6.18. The van der Waals surface area contributed by atoms with Gasteiger partial charge >= 0.3 is 5.97 Å². The number of hydrogen-bond acceptors (Lipinski definition) is 4. The summed E-state index contributed by atoms with van der Waals surface area (Å²) in [4.78, 5) is 0. The molecule has 0 aliphatic rings. The molecule has 0 spiro atoms. The zero-order valence-electron chi connectivity index (χ0n) is 15.4. The number of rotatable bonds is 15. The Kier molecular flexibility index (Phi) is 13.2. The highest BCUT2D eigenvalue weighted by atomic mass is 16.8. The molecule has 0 bridgehead atoms. The fraction of sp³-hybridized carbons (Fsp3) is 1.00. The number of unbranched alkanes of at least 4 members (excludes halogenated alkanes) is 4. The van der Waals surface area contributed by atoms with Crippen molar-refractivity contribution in [2.24, 2.45) is 5.92 Å². The zero-order chi connectivity index (χ0) is 16.8. The van der Waals surface area contributed by atoms with Gasteiger partial charge in [-0.1, -0.05) is 52.4 Å². The Bertz CT molecular complexity index is 237. The Morgan fingerprint density at radius 3 is 1.73 bits per heavy atom. The van der Waals surface area contributed by atoms with Gasteiger partial charge in [-0.3, -0.25) is 0 Å². The Labute approximate surface area is 137 Å². The zero-order valence-corrected chi connectivity index (χ0v) is 15.4. The van der Waals surface area contributed by atoms with E-state index in [1.165, 1.54) is 25.7 Å². The summed E-state index contributed by atoms with van der Waals surface area (Å²) < 4.78 is 16.5. The molecule has 4 nitrogen and oxygen atoms in total. The third-order valence-corrected chi connectivity index (χ3v) is 3.72. The van der Waals surface area contributed by atoms with Crippen LogP contribution in [-0.4, -0.2) is 37.0 Å². The van der Waals surface area contributed by atoms with Crippen LogP contribution in [0.25, 0.3) is 0 Å². The molecular formula is C18H38O4. The molecule has 0 aromatic carbocycles. The smallest absolute Gasteiger partial charge is 0.308 e. The molecule has 1 atom stereocenters. The minimum atomic E-state index is -1.61. The van der Waals surface area contributed by atoms with Gasteiger partial charge in [0.2, 0.25) is 0 Å². The predicted molar refractivity (Wildman–Crippen MR) is 90.8 cm³/mol. The lowest BCUT2D eigenvalue weighted by Crippen LogP contribution is -2.49. The summed E-state index contributed by atoms with van der Waals surface area (Å²) in [6.07, 6.45) is 7.68. The highest BCUT2D eigenvalue weighted by molar-refractivity contribution is 4.70. The molecule has 0 saturated carbocycles. The highest BCUT2D eigenvalue weighted by Crippen LogP contribution is 2.23. The fourth-order valence-electron chi connectivity index (χ4n) is 2.63. The molecule has 0 aliphatic heterocycles. The van der Waals surface area contributed by atoms with Crippen LogP contribution in [0.15, 0.2) is 0 Å². The minimum Gasteiger partial charge on any atom is -0.370 e. The normalized spacial score (nSPS) is 13.8. The quantitative estimate of drug-likeness (QED) is 0.357. The maximum atomic E-state index is 10.5. The van der Waals surface area contributed by atoms with Crippen LogP contribution < -0.4 is 0 Å². The van der Waals surface area contributed by atoms with Crippen molar-refractivity contribution in [2.75, 3.05) is 19.8 Å².